The van der Waals surface area contributed by atoms with Crippen LogP contribution >= 0.6 is 11.6 Å². The lowest BCUT2D eigenvalue weighted by Crippen LogP contribution is -2.38. The van der Waals surface area contributed by atoms with Gasteiger partial charge in [0.05, 0.1) is 30.0 Å². The molecular weight excluding hydrogens is 456 g/mol. The van der Waals surface area contributed by atoms with Gasteiger partial charge in [0, 0.05) is 25.3 Å². The summed E-state index contributed by atoms with van der Waals surface area (Å²) < 4.78 is 11.2. The minimum atomic E-state index is 0.284. The summed E-state index contributed by atoms with van der Waals surface area (Å²) in [5, 5.41) is 7.73. The maximum atomic E-state index is 6.43. The smallest absolute Gasteiger partial charge is 0.144 e. The van der Waals surface area contributed by atoms with Crippen LogP contribution in [0, 0.1) is 0 Å². The highest BCUT2D eigenvalue weighted by atomic mass is 35.5. The number of nitrogens with two attached hydrogens (primary N) is 1. The second-order valence-electron chi connectivity index (χ2n) is 7.59. The van der Waals surface area contributed by atoms with Crippen molar-refractivity contribution in [1.82, 2.24) is 14.9 Å². The summed E-state index contributed by atoms with van der Waals surface area (Å²) in [7, 11) is 0. The molecule has 0 aliphatic carbocycles. The standard InChI is InChI=1S/C24H27ClN6O3/c25-21-14-19(6-7-22(21)33-16-18-4-2-1-3-5-18)30-24-20(23(26)27-17-28-24)15-29-34-13-10-31-8-11-32-12-9-31/h1-7,14-15,17H,8-13,16H2,(H3,26,27,28,30)/b29-15+. The molecule has 1 aromatic heterocycles. The Morgan fingerprint density at radius 3 is 2.76 bits per heavy atom. The Hall–Kier alpha value is -3.40. The van der Waals surface area contributed by atoms with E-state index in [1.54, 1.807) is 12.1 Å². The molecule has 34 heavy (non-hydrogen) atoms. The molecule has 2 heterocycles. The van der Waals surface area contributed by atoms with Crippen LogP contribution in [0.3, 0.4) is 0 Å². The van der Waals surface area contributed by atoms with Gasteiger partial charge in [-0.05, 0) is 23.8 Å². The van der Waals surface area contributed by atoms with Gasteiger partial charge in [0.15, 0.2) is 0 Å². The third-order valence-corrected chi connectivity index (χ3v) is 5.50. The molecule has 2 aromatic carbocycles. The lowest BCUT2D eigenvalue weighted by Gasteiger charge is -2.25. The first-order chi connectivity index (χ1) is 16.7. The van der Waals surface area contributed by atoms with Crippen LogP contribution in [0.2, 0.25) is 5.02 Å². The summed E-state index contributed by atoms with van der Waals surface area (Å²) >= 11 is 6.43. The molecule has 1 saturated heterocycles. The average Bonchev–Trinajstić information content (AvgIpc) is 2.86. The third kappa shape index (κ3) is 6.80. The van der Waals surface area contributed by atoms with Crippen LogP contribution in [0.25, 0.3) is 0 Å². The number of hydrogen-bond acceptors (Lipinski definition) is 9. The van der Waals surface area contributed by atoms with E-state index < -0.39 is 0 Å². The zero-order valence-electron chi connectivity index (χ0n) is 18.7. The molecule has 1 fully saturated rings. The highest BCUT2D eigenvalue weighted by Gasteiger charge is 2.11. The molecule has 1 aliphatic heterocycles. The van der Waals surface area contributed by atoms with Crippen molar-refractivity contribution in [2.45, 2.75) is 6.61 Å². The van der Waals surface area contributed by atoms with Crippen LogP contribution in [-0.2, 0) is 16.2 Å². The monoisotopic (exact) mass is 482 g/mol. The number of nitrogens with one attached hydrogen (secondary N) is 1. The summed E-state index contributed by atoms with van der Waals surface area (Å²) in [5.74, 6) is 1.36. The summed E-state index contributed by atoms with van der Waals surface area (Å²) in [6, 6.07) is 15.3. The molecule has 0 atom stereocenters. The van der Waals surface area contributed by atoms with Crippen molar-refractivity contribution < 1.29 is 14.3 Å². The number of benzene rings is 2. The molecule has 0 saturated carbocycles. The predicted molar refractivity (Wildman–Crippen MR) is 133 cm³/mol. The highest BCUT2D eigenvalue weighted by molar-refractivity contribution is 6.32. The average molecular weight is 483 g/mol. The zero-order valence-corrected chi connectivity index (χ0v) is 19.4. The van der Waals surface area contributed by atoms with Crippen molar-refractivity contribution in [2.75, 3.05) is 50.5 Å². The number of nitrogen functional groups attached to an aromatic ring is 1. The number of rotatable bonds is 10. The van der Waals surface area contributed by atoms with Crippen LogP contribution in [0.4, 0.5) is 17.3 Å². The molecule has 0 radical (unpaired) electrons. The fraction of sp³-hybridized carbons (Fsp3) is 0.292. The van der Waals surface area contributed by atoms with E-state index in [0.717, 1.165) is 44.1 Å². The van der Waals surface area contributed by atoms with Gasteiger partial charge in [-0.1, -0.05) is 47.1 Å². The maximum Gasteiger partial charge on any atom is 0.144 e. The molecule has 0 bridgehead atoms. The zero-order chi connectivity index (χ0) is 23.6. The SMILES string of the molecule is Nc1ncnc(Nc2ccc(OCc3ccccc3)c(Cl)c2)c1/C=N/OCCN1CCOCC1. The molecule has 4 rings (SSSR count). The van der Waals surface area contributed by atoms with Crippen LogP contribution in [-0.4, -0.2) is 60.5 Å². The normalized spacial score (nSPS) is 14.3. The first-order valence-electron chi connectivity index (χ1n) is 11.0. The first-order valence-corrected chi connectivity index (χ1v) is 11.4. The van der Waals surface area contributed by atoms with Gasteiger partial charge in [0.1, 0.15) is 36.9 Å². The molecule has 3 aromatic rings. The summed E-state index contributed by atoms with van der Waals surface area (Å²) in [5.41, 5.74) is 8.36. The van der Waals surface area contributed by atoms with Gasteiger partial charge in [0.2, 0.25) is 0 Å². The van der Waals surface area contributed by atoms with E-state index in [-0.39, 0.29) is 5.82 Å². The van der Waals surface area contributed by atoms with Gasteiger partial charge in [-0.3, -0.25) is 4.90 Å². The van der Waals surface area contributed by atoms with Crippen molar-refractivity contribution in [3.05, 3.63) is 71.0 Å². The van der Waals surface area contributed by atoms with Crippen LogP contribution in [0.5, 0.6) is 5.75 Å². The van der Waals surface area contributed by atoms with Crippen LogP contribution in [0.15, 0.2) is 60.0 Å². The number of hydrogen-bond donors (Lipinski definition) is 2. The Morgan fingerprint density at radius 1 is 1.15 bits per heavy atom. The van der Waals surface area contributed by atoms with Crippen molar-refractivity contribution >= 4 is 35.1 Å². The summed E-state index contributed by atoms with van der Waals surface area (Å²) in [6.45, 7) is 4.98. The summed E-state index contributed by atoms with van der Waals surface area (Å²) in [4.78, 5) is 16.0. The molecule has 10 heteroatoms. The maximum absolute atomic E-state index is 6.43. The number of morpholine rings is 1. The second-order valence-corrected chi connectivity index (χ2v) is 7.99. The molecule has 9 nitrogen and oxygen atoms in total. The van der Waals surface area contributed by atoms with E-state index in [4.69, 9.17) is 31.6 Å². The molecule has 178 valence electrons. The van der Waals surface area contributed by atoms with Gasteiger partial charge in [0.25, 0.3) is 0 Å². The number of anilines is 3. The van der Waals surface area contributed by atoms with Gasteiger partial charge in [-0.25, -0.2) is 9.97 Å². The fourth-order valence-electron chi connectivity index (χ4n) is 3.34. The van der Waals surface area contributed by atoms with Gasteiger partial charge in [-0.2, -0.15) is 0 Å². The Labute approximate surface area is 203 Å². The Kier molecular flexibility index (Phi) is 8.50. The van der Waals surface area contributed by atoms with Gasteiger partial charge < -0.3 is 25.4 Å². The molecule has 0 amide bonds. The number of ether oxygens (including phenoxy) is 2. The minimum absolute atomic E-state index is 0.284. The van der Waals surface area contributed by atoms with Crippen molar-refractivity contribution in [3.63, 3.8) is 0 Å². The number of oxime groups is 1. The lowest BCUT2D eigenvalue weighted by molar-refractivity contribution is 0.0214. The van der Waals surface area contributed by atoms with E-state index in [2.05, 4.69) is 25.3 Å². The Morgan fingerprint density at radius 2 is 1.97 bits per heavy atom. The molecule has 1 aliphatic rings. The lowest BCUT2D eigenvalue weighted by atomic mass is 10.2. The number of aromatic nitrogens is 2. The van der Waals surface area contributed by atoms with E-state index in [0.29, 0.717) is 35.4 Å². The number of nitrogens with zero attached hydrogens (tertiary/aromatic N) is 4. The van der Waals surface area contributed by atoms with Crippen molar-refractivity contribution in [1.29, 1.82) is 0 Å². The van der Waals surface area contributed by atoms with E-state index in [1.807, 2.05) is 36.4 Å². The largest absolute Gasteiger partial charge is 0.487 e. The Bertz CT molecular complexity index is 1090. The van der Waals surface area contributed by atoms with Gasteiger partial charge >= 0.3 is 0 Å². The van der Waals surface area contributed by atoms with E-state index in [9.17, 15) is 0 Å². The molecular formula is C24H27ClN6O3. The highest BCUT2D eigenvalue weighted by Crippen LogP contribution is 2.30. The third-order valence-electron chi connectivity index (χ3n) is 5.21. The van der Waals surface area contributed by atoms with Crippen molar-refractivity contribution in [2.24, 2.45) is 5.16 Å². The molecule has 0 spiro atoms. The van der Waals surface area contributed by atoms with Crippen molar-refractivity contribution in [3.8, 4) is 5.75 Å². The van der Waals surface area contributed by atoms with E-state index >= 15 is 0 Å². The van der Waals surface area contributed by atoms with Gasteiger partial charge in [-0.15, -0.1) is 0 Å². The number of halogens is 1. The minimum Gasteiger partial charge on any atom is -0.487 e. The second kappa shape index (κ2) is 12.2. The molecule has 3 N–H and O–H groups in total. The topological polar surface area (TPSA) is 107 Å². The van der Waals surface area contributed by atoms with E-state index in [1.165, 1.54) is 12.5 Å². The first kappa shape index (κ1) is 23.7. The predicted octanol–water partition coefficient (Wildman–Crippen LogP) is 3.72. The van der Waals surface area contributed by atoms with Crippen LogP contribution in [0.1, 0.15) is 11.1 Å². The fourth-order valence-corrected chi connectivity index (χ4v) is 3.58. The Balaban J connectivity index is 1.35. The molecule has 0 unspecified atom stereocenters. The van der Waals surface area contributed by atoms with Crippen LogP contribution < -0.4 is 15.8 Å². The summed E-state index contributed by atoms with van der Waals surface area (Å²) in [6.07, 6.45) is 2.89. The quantitative estimate of drug-likeness (QED) is 0.256.